The van der Waals surface area contributed by atoms with Gasteiger partial charge in [0.05, 0.1) is 5.56 Å². The molecule has 0 saturated carbocycles. The van der Waals surface area contributed by atoms with Crippen LogP contribution in [0.25, 0.3) is 0 Å². The van der Waals surface area contributed by atoms with Gasteiger partial charge in [-0.25, -0.2) is 0 Å². The van der Waals surface area contributed by atoms with Crippen molar-refractivity contribution in [3.63, 3.8) is 0 Å². The number of carbonyl (C=O) groups is 2. The quantitative estimate of drug-likeness (QED) is 0.752. The van der Waals surface area contributed by atoms with Crippen LogP contribution < -0.4 is 11.1 Å². The summed E-state index contributed by atoms with van der Waals surface area (Å²) in [5.74, 6) is -0.729. The second-order valence-corrected chi connectivity index (χ2v) is 5.98. The topological polar surface area (TPSA) is 72.2 Å². The third-order valence-corrected chi connectivity index (χ3v) is 4.41. The van der Waals surface area contributed by atoms with Crippen molar-refractivity contribution in [2.75, 3.05) is 5.32 Å². The van der Waals surface area contributed by atoms with Crippen LogP contribution in [-0.2, 0) is 11.2 Å². The summed E-state index contributed by atoms with van der Waals surface area (Å²) in [6.07, 6.45) is 9.21. The second-order valence-electron chi connectivity index (χ2n) is 4.88. The van der Waals surface area contributed by atoms with Crippen LogP contribution in [-0.4, -0.2) is 11.8 Å². The summed E-state index contributed by atoms with van der Waals surface area (Å²) in [6.45, 7) is 9.00. The highest BCUT2D eigenvalue weighted by Crippen LogP contribution is 2.34. The molecule has 0 saturated heterocycles. The fraction of sp³-hybridized carbons (Fsp3) is 0.294. The fourth-order valence-electron chi connectivity index (χ4n) is 2.05. The van der Waals surface area contributed by atoms with Crippen molar-refractivity contribution in [3.8, 4) is 0 Å². The van der Waals surface area contributed by atoms with Crippen molar-refractivity contribution < 1.29 is 9.59 Å². The Bertz CT molecular complexity index is 639. The van der Waals surface area contributed by atoms with Crippen molar-refractivity contribution in [1.29, 1.82) is 0 Å². The van der Waals surface area contributed by atoms with Crippen molar-refractivity contribution >= 4 is 28.2 Å². The molecule has 0 fully saturated rings. The zero-order valence-electron chi connectivity index (χ0n) is 13.2. The van der Waals surface area contributed by atoms with E-state index in [1.807, 2.05) is 25.2 Å². The molecule has 0 aliphatic heterocycles. The van der Waals surface area contributed by atoms with Gasteiger partial charge < -0.3 is 11.1 Å². The van der Waals surface area contributed by atoms with Crippen LogP contribution >= 0.6 is 11.3 Å². The van der Waals surface area contributed by atoms with Crippen molar-refractivity contribution in [1.82, 2.24) is 0 Å². The number of carbonyl (C=O) groups excluding carboxylic acids is 2. The molecule has 5 heteroatoms. The minimum absolute atomic E-state index is 0.213. The molecule has 22 heavy (non-hydrogen) atoms. The first-order chi connectivity index (χ1) is 10.4. The number of nitrogens with one attached hydrogen (secondary N) is 1. The lowest BCUT2D eigenvalue weighted by molar-refractivity contribution is -0.114. The van der Waals surface area contributed by atoms with E-state index in [0.717, 1.165) is 23.3 Å². The van der Waals surface area contributed by atoms with Gasteiger partial charge >= 0.3 is 0 Å². The van der Waals surface area contributed by atoms with Crippen LogP contribution in [0.5, 0.6) is 0 Å². The average molecular weight is 318 g/mol. The normalized spacial score (nSPS) is 11.7. The van der Waals surface area contributed by atoms with E-state index in [2.05, 4.69) is 18.8 Å². The molecule has 1 aromatic heterocycles. The Balaban J connectivity index is 3.16. The zero-order chi connectivity index (χ0) is 16.7. The molecule has 0 aromatic carbocycles. The molecule has 4 nitrogen and oxygen atoms in total. The first kappa shape index (κ1) is 17.9. The molecular weight excluding hydrogens is 296 g/mol. The largest absolute Gasteiger partial charge is 0.365 e. The van der Waals surface area contributed by atoms with E-state index in [9.17, 15) is 9.59 Å². The molecular formula is C17H22N2O2S. The van der Waals surface area contributed by atoms with Gasteiger partial charge in [-0.1, -0.05) is 43.4 Å². The van der Waals surface area contributed by atoms with Gasteiger partial charge in [-0.2, -0.15) is 0 Å². The van der Waals surface area contributed by atoms with Crippen molar-refractivity contribution in [2.45, 2.75) is 33.6 Å². The van der Waals surface area contributed by atoms with E-state index in [1.165, 1.54) is 23.8 Å². The first-order valence-corrected chi connectivity index (χ1v) is 7.89. The Morgan fingerprint density at radius 2 is 2.05 bits per heavy atom. The molecule has 1 aromatic rings. The van der Waals surface area contributed by atoms with Gasteiger partial charge in [0.25, 0.3) is 5.91 Å². The van der Waals surface area contributed by atoms with E-state index >= 15 is 0 Å². The van der Waals surface area contributed by atoms with Crippen LogP contribution in [0.4, 0.5) is 5.00 Å². The Labute approximate surface area is 135 Å². The van der Waals surface area contributed by atoms with Gasteiger partial charge in [0.1, 0.15) is 5.00 Å². The zero-order valence-corrected chi connectivity index (χ0v) is 14.0. The highest BCUT2D eigenvalue weighted by molar-refractivity contribution is 7.17. The lowest BCUT2D eigenvalue weighted by Gasteiger charge is -2.03. The lowest BCUT2D eigenvalue weighted by Crippen LogP contribution is -2.15. The summed E-state index contributed by atoms with van der Waals surface area (Å²) in [5.41, 5.74) is 7.93. The van der Waals surface area contributed by atoms with Gasteiger partial charge in [-0.05, 0) is 18.9 Å². The second kappa shape index (κ2) is 8.34. The third-order valence-electron chi connectivity index (χ3n) is 3.20. The number of allylic oxidation sites excluding steroid dienone is 5. The minimum Gasteiger partial charge on any atom is -0.365 e. The number of primary amides is 1. The highest BCUT2D eigenvalue weighted by Gasteiger charge is 2.20. The average Bonchev–Trinajstić information content (AvgIpc) is 2.73. The molecule has 0 radical (unpaired) electrons. The summed E-state index contributed by atoms with van der Waals surface area (Å²) in [6, 6.07) is 0. The molecule has 0 unspecified atom stereocenters. The van der Waals surface area contributed by atoms with Gasteiger partial charge in [0, 0.05) is 18.2 Å². The first-order valence-electron chi connectivity index (χ1n) is 7.07. The molecule has 1 heterocycles. The van der Waals surface area contributed by atoms with Gasteiger partial charge in [-0.15, -0.1) is 11.3 Å². The standard InChI is InChI=1S/C17H22N2O2S/c1-5-7-8-9-13(6-2)10-14-11(3)15(16(18)21)17(22-14)19-12(4)20/h5,7-9H,1,6,10H2,2-4H3,(H2,18,21)(H,19,20)/b8-7-,13-9+. The summed E-state index contributed by atoms with van der Waals surface area (Å²) >= 11 is 1.41. The molecule has 0 aliphatic rings. The molecule has 0 aliphatic carbocycles. The van der Waals surface area contributed by atoms with Crippen LogP contribution in [0.15, 0.2) is 36.5 Å². The number of hydrogen-bond donors (Lipinski definition) is 2. The third kappa shape index (κ3) is 4.70. The minimum atomic E-state index is -0.516. The molecule has 2 amide bonds. The molecule has 3 N–H and O–H groups in total. The molecule has 0 bridgehead atoms. The summed E-state index contributed by atoms with van der Waals surface area (Å²) in [5, 5.41) is 3.22. The van der Waals surface area contributed by atoms with Crippen LogP contribution in [0, 0.1) is 6.92 Å². The SMILES string of the molecule is C=C/C=C\C=C(/CC)Cc1sc(NC(C)=O)c(C(N)=O)c1C. The lowest BCUT2D eigenvalue weighted by atomic mass is 10.0. The highest BCUT2D eigenvalue weighted by atomic mass is 32.1. The van der Waals surface area contributed by atoms with E-state index in [1.54, 1.807) is 6.08 Å². The van der Waals surface area contributed by atoms with E-state index in [-0.39, 0.29) is 5.91 Å². The summed E-state index contributed by atoms with van der Waals surface area (Å²) in [4.78, 5) is 24.0. The Hall–Kier alpha value is -2.14. The van der Waals surface area contributed by atoms with Crippen LogP contribution in [0.3, 0.4) is 0 Å². The number of nitrogens with two attached hydrogens (primary N) is 1. The van der Waals surface area contributed by atoms with Crippen molar-refractivity contribution in [2.24, 2.45) is 5.73 Å². The van der Waals surface area contributed by atoms with Gasteiger partial charge in [-0.3, -0.25) is 9.59 Å². The molecule has 118 valence electrons. The smallest absolute Gasteiger partial charge is 0.251 e. The fourth-order valence-corrected chi connectivity index (χ4v) is 3.36. The summed E-state index contributed by atoms with van der Waals surface area (Å²) < 4.78 is 0. The van der Waals surface area contributed by atoms with Crippen molar-refractivity contribution in [3.05, 3.63) is 52.5 Å². The van der Waals surface area contributed by atoms with E-state index in [0.29, 0.717) is 10.6 Å². The van der Waals surface area contributed by atoms with Crippen LogP contribution in [0.1, 0.15) is 41.1 Å². The number of rotatable bonds is 7. The number of anilines is 1. The number of amides is 2. The molecule has 1 rings (SSSR count). The Kier molecular flexibility index (Phi) is 6.79. The Morgan fingerprint density at radius 3 is 2.55 bits per heavy atom. The number of thiophene rings is 1. The molecule has 0 atom stereocenters. The number of hydrogen-bond acceptors (Lipinski definition) is 3. The molecule has 0 spiro atoms. The maximum absolute atomic E-state index is 11.6. The Morgan fingerprint density at radius 1 is 1.36 bits per heavy atom. The maximum atomic E-state index is 11.6. The predicted molar refractivity (Wildman–Crippen MR) is 93.3 cm³/mol. The summed E-state index contributed by atoms with van der Waals surface area (Å²) in [7, 11) is 0. The van der Waals surface area contributed by atoms with E-state index in [4.69, 9.17) is 5.73 Å². The van der Waals surface area contributed by atoms with E-state index < -0.39 is 5.91 Å². The van der Waals surface area contributed by atoms with Crippen LogP contribution in [0.2, 0.25) is 0 Å². The van der Waals surface area contributed by atoms with Gasteiger partial charge in [0.2, 0.25) is 5.91 Å². The maximum Gasteiger partial charge on any atom is 0.251 e. The monoisotopic (exact) mass is 318 g/mol. The predicted octanol–water partition coefficient (Wildman–Crippen LogP) is 3.73. The van der Waals surface area contributed by atoms with Gasteiger partial charge in [0.15, 0.2) is 0 Å².